The largest absolute Gasteiger partial charge is 0.509 e. The summed E-state index contributed by atoms with van der Waals surface area (Å²) < 4.78 is 10.1. The van der Waals surface area contributed by atoms with E-state index >= 15 is 0 Å². The van der Waals surface area contributed by atoms with E-state index in [1.165, 1.54) is 0 Å². The summed E-state index contributed by atoms with van der Waals surface area (Å²) in [6.07, 6.45) is 4.89. The normalized spacial score (nSPS) is 29.8. The Bertz CT molecular complexity index is 205. The molecule has 3 nitrogen and oxygen atoms in total. The summed E-state index contributed by atoms with van der Waals surface area (Å²) in [6.45, 7) is 4.06. The molecule has 0 saturated carbocycles. The first-order valence-electron chi connectivity index (χ1n) is 4.56. The summed E-state index contributed by atoms with van der Waals surface area (Å²) in [6, 6.07) is 0. The average molecular weight is 202 g/mol. The van der Waals surface area contributed by atoms with Gasteiger partial charge in [-0.15, -0.1) is 8.20 Å². The monoisotopic (exact) mass is 202 g/mol. The van der Waals surface area contributed by atoms with Gasteiger partial charge in [-0.3, -0.25) is 0 Å². The number of hydrogen-bond donors (Lipinski definition) is 0. The highest BCUT2D eigenvalue weighted by Gasteiger charge is 2.39. The van der Waals surface area contributed by atoms with E-state index in [4.69, 9.17) is 9.47 Å². The lowest BCUT2D eigenvalue weighted by Gasteiger charge is -2.19. The number of rotatable bonds is 4. The Hall–Kier alpha value is -0.560. The van der Waals surface area contributed by atoms with E-state index in [-0.39, 0.29) is 12.2 Å². The van der Waals surface area contributed by atoms with Crippen LogP contribution < -0.4 is 0 Å². The van der Waals surface area contributed by atoms with Gasteiger partial charge in [-0.05, 0) is 12.8 Å². The number of cyclic esters (lactones) is 2. The molecule has 3 unspecified atom stereocenters. The van der Waals surface area contributed by atoms with Crippen LogP contribution in [0, 0.1) is 0 Å². The zero-order valence-electron chi connectivity index (χ0n) is 8.03. The van der Waals surface area contributed by atoms with Crippen LogP contribution in [0.1, 0.15) is 26.7 Å². The summed E-state index contributed by atoms with van der Waals surface area (Å²) in [5.74, 6) is 0. The maximum atomic E-state index is 10.9. The second-order valence-corrected chi connectivity index (χ2v) is 4.08. The molecule has 1 fully saturated rings. The maximum absolute atomic E-state index is 10.9. The van der Waals surface area contributed by atoms with Crippen molar-refractivity contribution >= 4 is 20.7 Å². The molecular weight excluding hydrogens is 187 g/mol. The van der Waals surface area contributed by atoms with Gasteiger partial charge in [0.15, 0.2) is 6.10 Å². The summed E-state index contributed by atoms with van der Waals surface area (Å²) in [7, 11) is 1.02. The van der Waals surface area contributed by atoms with Crippen LogP contribution in [0.3, 0.4) is 0 Å². The van der Waals surface area contributed by atoms with Gasteiger partial charge >= 0.3 is 6.16 Å². The molecule has 0 bridgehead atoms. The third kappa shape index (κ3) is 2.22. The molecule has 1 aliphatic heterocycles. The number of ether oxygens (including phenoxy) is 2. The fraction of sp³-hybridized carbons (Fsp3) is 0.778. The highest BCUT2D eigenvalue weighted by molar-refractivity contribution is 7.37. The van der Waals surface area contributed by atoms with Crippen molar-refractivity contribution in [1.29, 1.82) is 0 Å². The Morgan fingerprint density at radius 2 is 2.23 bits per heavy atom. The minimum Gasteiger partial charge on any atom is -0.427 e. The highest BCUT2D eigenvalue weighted by Crippen LogP contribution is 2.28. The van der Waals surface area contributed by atoms with Gasteiger partial charge in [-0.2, -0.15) is 0 Å². The average Bonchev–Trinajstić information content (AvgIpc) is 2.49. The lowest BCUT2D eigenvalue weighted by molar-refractivity contribution is 0.115. The number of carbonyl (C=O) groups excluding carboxylic acids is 1. The molecular formula is C9H15O3P. The molecule has 1 aliphatic rings. The van der Waals surface area contributed by atoms with Crippen LogP contribution in [-0.2, 0) is 9.47 Å². The summed E-state index contributed by atoms with van der Waals surface area (Å²) in [5.41, 5.74) is 0.302. The Morgan fingerprint density at radius 3 is 2.69 bits per heavy atom. The SMILES string of the molecule is C=PC(CC)C1OC(=O)OC1CC. The second-order valence-electron chi connectivity index (χ2n) is 3.06. The van der Waals surface area contributed by atoms with Crippen molar-refractivity contribution in [3.8, 4) is 0 Å². The zero-order valence-corrected chi connectivity index (χ0v) is 8.92. The number of carbonyl (C=O) groups is 1. The molecule has 74 valence electrons. The van der Waals surface area contributed by atoms with Crippen LogP contribution in [0.4, 0.5) is 4.79 Å². The summed E-state index contributed by atoms with van der Waals surface area (Å²) in [5, 5.41) is 0. The van der Waals surface area contributed by atoms with Gasteiger partial charge in [0.2, 0.25) is 0 Å². The molecule has 3 atom stereocenters. The third-order valence-electron chi connectivity index (χ3n) is 2.28. The summed E-state index contributed by atoms with van der Waals surface area (Å²) in [4.78, 5) is 10.9. The molecule has 1 heterocycles. The Balaban J connectivity index is 2.66. The number of hydrogen-bond acceptors (Lipinski definition) is 3. The van der Waals surface area contributed by atoms with E-state index in [1.54, 1.807) is 0 Å². The second kappa shape index (κ2) is 4.61. The van der Waals surface area contributed by atoms with Gasteiger partial charge < -0.3 is 9.47 Å². The van der Waals surface area contributed by atoms with Crippen molar-refractivity contribution in [3.63, 3.8) is 0 Å². The topological polar surface area (TPSA) is 35.5 Å². The molecule has 0 aromatic rings. The van der Waals surface area contributed by atoms with Crippen LogP contribution in [0.25, 0.3) is 0 Å². The standard InChI is InChI=1S/C9H15O3P/c1-4-6-8(7(5-2)13-3)12-9(10)11-6/h6-8H,3-5H2,1-2H3. The molecule has 0 spiro atoms. The predicted molar refractivity (Wildman–Crippen MR) is 53.6 cm³/mol. The van der Waals surface area contributed by atoms with Crippen molar-refractivity contribution in [2.75, 3.05) is 0 Å². The minimum atomic E-state index is -0.529. The lowest BCUT2D eigenvalue weighted by atomic mass is 10.1. The molecule has 0 aromatic heterocycles. The zero-order chi connectivity index (χ0) is 9.84. The third-order valence-corrected chi connectivity index (χ3v) is 3.41. The van der Waals surface area contributed by atoms with E-state index in [2.05, 4.69) is 13.2 Å². The fourth-order valence-corrected chi connectivity index (χ4v) is 2.23. The van der Waals surface area contributed by atoms with Crippen molar-refractivity contribution < 1.29 is 14.3 Å². The van der Waals surface area contributed by atoms with E-state index in [9.17, 15) is 4.79 Å². The molecule has 0 aromatic carbocycles. The first-order valence-corrected chi connectivity index (χ1v) is 5.70. The van der Waals surface area contributed by atoms with Gasteiger partial charge in [0, 0.05) is 5.66 Å². The van der Waals surface area contributed by atoms with Crippen molar-refractivity contribution in [1.82, 2.24) is 0 Å². The van der Waals surface area contributed by atoms with E-state index < -0.39 is 6.16 Å². The minimum absolute atomic E-state index is 0.0771. The van der Waals surface area contributed by atoms with Gasteiger partial charge in [-0.1, -0.05) is 20.1 Å². The van der Waals surface area contributed by atoms with Crippen LogP contribution >= 0.6 is 8.20 Å². The van der Waals surface area contributed by atoms with E-state index in [0.29, 0.717) is 5.66 Å². The van der Waals surface area contributed by atoms with Crippen molar-refractivity contribution in [2.24, 2.45) is 0 Å². The molecule has 4 heteroatoms. The van der Waals surface area contributed by atoms with Crippen LogP contribution in [0.5, 0.6) is 0 Å². The molecule has 0 amide bonds. The Kier molecular flexibility index (Phi) is 3.73. The van der Waals surface area contributed by atoms with Gasteiger partial charge in [0.25, 0.3) is 0 Å². The molecule has 1 saturated heterocycles. The lowest BCUT2D eigenvalue weighted by Crippen LogP contribution is -2.30. The van der Waals surface area contributed by atoms with Gasteiger partial charge in [-0.25, -0.2) is 4.79 Å². The fourth-order valence-electron chi connectivity index (χ4n) is 1.51. The van der Waals surface area contributed by atoms with Gasteiger partial charge in [0.05, 0.1) is 0 Å². The smallest absolute Gasteiger partial charge is 0.427 e. The molecule has 0 radical (unpaired) electrons. The molecule has 1 rings (SSSR count). The Labute approximate surface area is 80.2 Å². The van der Waals surface area contributed by atoms with Gasteiger partial charge in [0.1, 0.15) is 6.10 Å². The van der Waals surface area contributed by atoms with Crippen molar-refractivity contribution in [2.45, 2.75) is 44.6 Å². The highest BCUT2D eigenvalue weighted by atomic mass is 31.1. The van der Waals surface area contributed by atoms with Crippen molar-refractivity contribution in [3.05, 3.63) is 0 Å². The van der Waals surface area contributed by atoms with Crippen LogP contribution in [0.15, 0.2) is 0 Å². The van der Waals surface area contributed by atoms with Crippen LogP contribution in [0.2, 0.25) is 0 Å². The predicted octanol–water partition coefficient (Wildman–Crippen LogP) is 2.46. The van der Waals surface area contributed by atoms with E-state index in [1.807, 2.05) is 6.92 Å². The quantitative estimate of drug-likeness (QED) is 0.519. The first kappa shape index (κ1) is 10.5. The maximum Gasteiger partial charge on any atom is 0.509 e. The Morgan fingerprint density at radius 1 is 1.54 bits per heavy atom. The molecule has 0 aliphatic carbocycles. The van der Waals surface area contributed by atoms with E-state index in [0.717, 1.165) is 21.0 Å². The molecule has 13 heavy (non-hydrogen) atoms. The summed E-state index contributed by atoms with van der Waals surface area (Å²) >= 11 is 0. The van der Waals surface area contributed by atoms with Crippen LogP contribution in [-0.4, -0.2) is 30.3 Å². The molecule has 0 N–H and O–H groups in total. The first-order chi connectivity index (χ1) is 6.22.